The molecular weight excluding hydrogens is 238 g/mol. The molecule has 4 nitrogen and oxygen atoms in total. The number of fused-ring (bicyclic) bond motifs is 1. The molecule has 102 valence electrons. The Balaban J connectivity index is 1.87. The maximum atomic E-state index is 5.85. The molecule has 1 saturated heterocycles. The summed E-state index contributed by atoms with van der Waals surface area (Å²) in [6.45, 7) is 6.70. The molecular formula is C15H21N3O. The van der Waals surface area contributed by atoms with Crippen LogP contribution in [-0.2, 0) is 0 Å². The lowest BCUT2D eigenvalue weighted by Crippen LogP contribution is -2.25. The molecule has 0 aliphatic carbocycles. The van der Waals surface area contributed by atoms with E-state index in [2.05, 4.69) is 23.7 Å². The zero-order valence-electron chi connectivity index (χ0n) is 11.6. The minimum atomic E-state index is 0.422. The summed E-state index contributed by atoms with van der Waals surface area (Å²) in [5, 5.41) is 0. The van der Waals surface area contributed by atoms with Gasteiger partial charge in [-0.3, -0.25) is 0 Å². The van der Waals surface area contributed by atoms with Gasteiger partial charge in [0, 0.05) is 18.8 Å². The largest absolute Gasteiger partial charge is 0.423 e. The third-order valence-electron chi connectivity index (χ3n) is 4.01. The van der Waals surface area contributed by atoms with Gasteiger partial charge in [0.25, 0.3) is 6.01 Å². The van der Waals surface area contributed by atoms with Crippen LogP contribution in [0.25, 0.3) is 11.1 Å². The van der Waals surface area contributed by atoms with Crippen molar-refractivity contribution in [1.29, 1.82) is 0 Å². The first kappa shape index (κ1) is 12.3. The van der Waals surface area contributed by atoms with Gasteiger partial charge in [0.2, 0.25) is 0 Å². The molecule has 0 saturated carbocycles. The third kappa shape index (κ3) is 2.53. The first-order chi connectivity index (χ1) is 9.03. The van der Waals surface area contributed by atoms with Crippen LogP contribution in [0.1, 0.15) is 33.1 Å². The maximum absolute atomic E-state index is 5.85. The molecule has 19 heavy (non-hydrogen) atoms. The Morgan fingerprint density at radius 3 is 2.95 bits per heavy atom. The minimum absolute atomic E-state index is 0.422. The molecule has 2 N–H and O–H groups in total. The molecule has 1 fully saturated rings. The summed E-state index contributed by atoms with van der Waals surface area (Å²) in [4.78, 5) is 6.82. The fourth-order valence-electron chi connectivity index (χ4n) is 2.68. The van der Waals surface area contributed by atoms with Crippen molar-refractivity contribution in [1.82, 2.24) is 4.98 Å². The lowest BCUT2D eigenvalue weighted by molar-refractivity contribution is 0.324. The van der Waals surface area contributed by atoms with E-state index in [-0.39, 0.29) is 0 Å². The van der Waals surface area contributed by atoms with E-state index in [4.69, 9.17) is 10.2 Å². The Kier molecular flexibility index (Phi) is 2.88. The van der Waals surface area contributed by atoms with Gasteiger partial charge >= 0.3 is 0 Å². The number of rotatable bonds is 1. The predicted octanol–water partition coefficient (Wildman–Crippen LogP) is 3.43. The highest BCUT2D eigenvalue weighted by Crippen LogP contribution is 2.32. The maximum Gasteiger partial charge on any atom is 0.298 e. The van der Waals surface area contributed by atoms with Gasteiger partial charge in [-0.2, -0.15) is 4.98 Å². The summed E-state index contributed by atoms with van der Waals surface area (Å²) in [6.07, 6.45) is 3.62. The fourth-order valence-corrected chi connectivity index (χ4v) is 2.68. The van der Waals surface area contributed by atoms with Crippen molar-refractivity contribution < 1.29 is 4.42 Å². The van der Waals surface area contributed by atoms with E-state index in [1.807, 2.05) is 18.2 Å². The van der Waals surface area contributed by atoms with Crippen LogP contribution in [0.5, 0.6) is 0 Å². The number of anilines is 2. The number of benzene rings is 1. The van der Waals surface area contributed by atoms with E-state index in [1.165, 1.54) is 19.3 Å². The summed E-state index contributed by atoms with van der Waals surface area (Å²) in [5.41, 5.74) is 8.58. The topological polar surface area (TPSA) is 55.3 Å². The van der Waals surface area contributed by atoms with E-state index >= 15 is 0 Å². The summed E-state index contributed by atoms with van der Waals surface area (Å²) in [7, 11) is 0. The average molecular weight is 259 g/mol. The lowest BCUT2D eigenvalue weighted by Gasteiger charge is -2.22. The normalized spacial score (nSPS) is 19.6. The Hall–Kier alpha value is -1.71. The van der Waals surface area contributed by atoms with Crippen LogP contribution in [-0.4, -0.2) is 18.1 Å². The molecule has 3 rings (SSSR count). The highest BCUT2D eigenvalue weighted by molar-refractivity contribution is 5.78. The highest BCUT2D eigenvalue weighted by Gasteiger charge is 2.25. The molecule has 0 radical (unpaired) electrons. The van der Waals surface area contributed by atoms with E-state index in [0.29, 0.717) is 5.41 Å². The number of nitrogens with zero attached hydrogens (tertiary/aromatic N) is 2. The second kappa shape index (κ2) is 4.44. The van der Waals surface area contributed by atoms with Crippen LogP contribution in [0.4, 0.5) is 11.7 Å². The lowest BCUT2D eigenvalue weighted by atomic mass is 9.85. The van der Waals surface area contributed by atoms with Crippen LogP contribution >= 0.6 is 0 Å². The molecule has 1 aromatic heterocycles. The van der Waals surface area contributed by atoms with Crippen LogP contribution in [0.15, 0.2) is 22.6 Å². The van der Waals surface area contributed by atoms with Crippen molar-refractivity contribution >= 4 is 22.8 Å². The van der Waals surface area contributed by atoms with Gasteiger partial charge in [0.1, 0.15) is 5.52 Å². The molecule has 1 aliphatic rings. The van der Waals surface area contributed by atoms with Gasteiger partial charge in [0.05, 0.1) is 0 Å². The number of aromatic nitrogens is 1. The Morgan fingerprint density at radius 1 is 1.26 bits per heavy atom. The van der Waals surface area contributed by atoms with E-state index in [1.54, 1.807) is 0 Å². The van der Waals surface area contributed by atoms with E-state index in [9.17, 15) is 0 Å². The van der Waals surface area contributed by atoms with Gasteiger partial charge < -0.3 is 15.1 Å². The molecule has 2 heterocycles. The van der Waals surface area contributed by atoms with Gasteiger partial charge in [-0.1, -0.05) is 13.8 Å². The molecule has 1 aliphatic heterocycles. The Labute approximate surface area is 113 Å². The van der Waals surface area contributed by atoms with Gasteiger partial charge in [0.15, 0.2) is 5.58 Å². The molecule has 4 heteroatoms. The number of nitrogens with two attached hydrogens (primary N) is 1. The second-order valence-electron chi connectivity index (χ2n) is 6.23. The quantitative estimate of drug-likeness (QED) is 0.797. The monoisotopic (exact) mass is 259 g/mol. The highest BCUT2D eigenvalue weighted by atomic mass is 16.4. The summed E-state index contributed by atoms with van der Waals surface area (Å²) < 4.78 is 5.85. The number of oxazole rings is 1. The van der Waals surface area contributed by atoms with Crippen LogP contribution in [0.2, 0.25) is 0 Å². The first-order valence-electron chi connectivity index (χ1n) is 6.95. The number of hydrogen-bond acceptors (Lipinski definition) is 4. The summed E-state index contributed by atoms with van der Waals surface area (Å²) in [6, 6.07) is 6.34. The van der Waals surface area contributed by atoms with Crippen LogP contribution in [0, 0.1) is 5.41 Å². The van der Waals surface area contributed by atoms with E-state index in [0.717, 1.165) is 35.9 Å². The van der Waals surface area contributed by atoms with Gasteiger partial charge in [-0.15, -0.1) is 0 Å². The van der Waals surface area contributed by atoms with Gasteiger partial charge in [-0.05, 0) is 42.9 Å². The van der Waals surface area contributed by atoms with E-state index < -0.39 is 0 Å². The SMILES string of the molecule is CC1(C)CCCN(c2nc3cc(N)ccc3o2)CC1. The number of hydrogen-bond donors (Lipinski definition) is 1. The average Bonchev–Trinajstić information content (AvgIpc) is 2.67. The van der Waals surface area contributed by atoms with Crippen molar-refractivity contribution in [2.24, 2.45) is 5.41 Å². The zero-order chi connectivity index (χ0) is 13.5. The number of nitrogen functional groups attached to an aromatic ring is 1. The molecule has 0 atom stereocenters. The zero-order valence-corrected chi connectivity index (χ0v) is 11.6. The Morgan fingerprint density at radius 2 is 2.11 bits per heavy atom. The molecule has 2 aromatic rings. The molecule has 0 amide bonds. The summed E-state index contributed by atoms with van der Waals surface area (Å²) in [5.74, 6) is 0. The van der Waals surface area contributed by atoms with Crippen molar-refractivity contribution in [2.75, 3.05) is 23.7 Å². The molecule has 0 unspecified atom stereocenters. The van der Waals surface area contributed by atoms with Crippen LogP contribution in [0.3, 0.4) is 0 Å². The van der Waals surface area contributed by atoms with Gasteiger partial charge in [-0.25, -0.2) is 0 Å². The third-order valence-corrected chi connectivity index (χ3v) is 4.01. The van der Waals surface area contributed by atoms with Crippen molar-refractivity contribution in [3.8, 4) is 0 Å². The van der Waals surface area contributed by atoms with Crippen molar-refractivity contribution in [3.05, 3.63) is 18.2 Å². The Bertz CT molecular complexity index is 588. The predicted molar refractivity (Wildman–Crippen MR) is 78.3 cm³/mol. The summed E-state index contributed by atoms with van der Waals surface area (Å²) >= 11 is 0. The second-order valence-corrected chi connectivity index (χ2v) is 6.23. The minimum Gasteiger partial charge on any atom is -0.423 e. The molecule has 0 spiro atoms. The molecule has 0 bridgehead atoms. The smallest absolute Gasteiger partial charge is 0.298 e. The molecule has 1 aromatic carbocycles. The standard InChI is InChI=1S/C15H21N3O/c1-15(2)6-3-8-18(9-7-15)14-17-12-10-11(16)4-5-13(12)19-14/h4-5,10H,3,6-9,16H2,1-2H3. The fraction of sp³-hybridized carbons (Fsp3) is 0.533. The van der Waals surface area contributed by atoms with Crippen LogP contribution < -0.4 is 10.6 Å². The van der Waals surface area contributed by atoms with Crippen molar-refractivity contribution in [3.63, 3.8) is 0 Å². The first-order valence-corrected chi connectivity index (χ1v) is 6.95. The van der Waals surface area contributed by atoms with Crippen molar-refractivity contribution in [2.45, 2.75) is 33.1 Å².